The van der Waals surface area contributed by atoms with Crippen molar-refractivity contribution in [2.24, 2.45) is 11.7 Å². The zero-order chi connectivity index (χ0) is 12.4. The lowest BCUT2D eigenvalue weighted by Gasteiger charge is -2.16. The highest BCUT2D eigenvalue weighted by molar-refractivity contribution is 6.35. The summed E-state index contributed by atoms with van der Waals surface area (Å²) < 4.78 is 0. The van der Waals surface area contributed by atoms with Crippen molar-refractivity contribution in [3.05, 3.63) is 33.8 Å². The van der Waals surface area contributed by atoms with Crippen LogP contribution in [0.25, 0.3) is 0 Å². The fourth-order valence-corrected chi connectivity index (χ4v) is 2.16. The van der Waals surface area contributed by atoms with Crippen LogP contribution < -0.4 is 11.1 Å². The van der Waals surface area contributed by atoms with Crippen LogP contribution in [0.15, 0.2) is 18.2 Å². The first-order valence-electron chi connectivity index (χ1n) is 5.58. The second kappa shape index (κ2) is 6.62. The van der Waals surface area contributed by atoms with E-state index >= 15 is 0 Å². The average molecular weight is 310 g/mol. The number of nitrogens with one attached hydrogen (secondary N) is 1. The molecule has 1 unspecified atom stereocenters. The van der Waals surface area contributed by atoms with Gasteiger partial charge in [0.15, 0.2) is 0 Å². The van der Waals surface area contributed by atoms with Crippen molar-refractivity contribution >= 4 is 41.5 Å². The highest BCUT2D eigenvalue weighted by Crippen LogP contribution is 2.32. The zero-order valence-corrected chi connectivity index (χ0v) is 12.0. The molecule has 0 spiro atoms. The van der Waals surface area contributed by atoms with Crippen molar-refractivity contribution in [3.63, 3.8) is 0 Å². The first-order valence-corrected chi connectivity index (χ1v) is 6.33. The minimum absolute atomic E-state index is 0. The summed E-state index contributed by atoms with van der Waals surface area (Å²) >= 11 is 11.8. The lowest BCUT2D eigenvalue weighted by molar-refractivity contribution is 0.0933. The molecule has 3 N–H and O–H groups in total. The molecule has 1 aliphatic carbocycles. The molecule has 100 valence electrons. The number of amides is 1. The Kier molecular flexibility index (Phi) is 5.73. The van der Waals surface area contributed by atoms with Gasteiger partial charge in [-0.2, -0.15) is 0 Å². The van der Waals surface area contributed by atoms with Crippen LogP contribution in [0.5, 0.6) is 0 Å². The molecule has 1 saturated carbocycles. The Labute approximate surface area is 122 Å². The number of rotatable bonds is 4. The summed E-state index contributed by atoms with van der Waals surface area (Å²) in [5.74, 6) is 0.307. The summed E-state index contributed by atoms with van der Waals surface area (Å²) in [5, 5.41) is 3.80. The largest absolute Gasteiger partial charge is 0.348 e. The molecule has 0 bridgehead atoms. The van der Waals surface area contributed by atoms with Crippen LogP contribution in [0, 0.1) is 5.92 Å². The van der Waals surface area contributed by atoms with Gasteiger partial charge in [0.2, 0.25) is 0 Å². The van der Waals surface area contributed by atoms with Gasteiger partial charge in [0.1, 0.15) is 0 Å². The van der Waals surface area contributed by atoms with Crippen LogP contribution in [0.3, 0.4) is 0 Å². The number of halogens is 3. The number of benzene rings is 1. The monoisotopic (exact) mass is 308 g/mol. The van der Waals surface area contributed by atoms with E-state index < -0.39 is 0 Å². The summed E-state index contributed by atoms with van der Waals surface area (Å²) in [5.41, 5.74) is 6.04. The highest BCUT2D eigenvalue weighted by Gasteiger charge is 2.31. The fraction of sp³-hybridized carbons (Fsp3) is 0.417. The van der Waals surface area contributed by atoms with Crippen molar-refractivity contribution in [2.75, 3.05) is 6.54 Å². The Morgan fingerprint density at radius 2 is 2.11 bits per heavy atom. The lowest BCUT2D eigenvalue weighted by Crippen LogP contribution is -2.41. The van der Waals surface area contributed by atoms with Gasteiger partial charge in [-0.05, 0) is 37.0 Å². The van der Waals surface area contributed by atoms with E-state index in [1.54, 1.807) is 18.2 Å². The van der Waals surface area contributed by atoms with E-state index in [-0.39, 0.29) is 24.4 Å². The van der Waals surface area contributed by atoms with Gasteiger partial charge < -0.3 is 11.1 Å². The Hall–Kier alpha value is -0.480. The molecule has 0 heterocycles. The van der Waals surface area contributed by atoms with Crippen molar-refractivity contribution in [1.29, 1.82) is 0 Å². The van der Waals surface area contributed by atoms with Crippen LogP contribution in [0.4, 0.5) is 0 Å². The maximum Gasteiger partial charge on any atom is 0.253 e. The van der Waals surface area contributed by atoms with E-state index in [2.05, 4.69) is 5.32 Å². The summed E-state index contributed by atoms with van der Waals surface area (Å²) in [6.07, 6.45) is 2.26. The molecule has 6 heteroatoms. The smallest absolute Gasteiger partial charge is 0.253 e. The number of hydrogen-bond donors (Lipinski definition) is 2. The first-order chi connectivity index (χ1) is 8.11. The second-order valence-corrected chi connectivity index (χ2v) is 5.12. The van der Waals surface area contributed by atoms with Gasteiger partial charge in [0.25, 0.3) is 5.91 Å². The molecule has 3 nitrogen and oxygen atoms in total. The summed E-state index contributed by atoms with van der Waals surface area (Å²) in [6, 6.07) is 4.88. The lowest BCUT2D eigenvalue weighted by atomic mass is 10.1. The molecule has 1 fully saturated rings. The maximum absolute atomic E-state index is 12.0. The number of nitrogens with two attached hydrogens (primary N) is 1. The molecule has 0 aliphatic heterocycles. The van der Waals surface area contributed by atoms with E-state index in [0.717, 1.165) is 12.8 Å². The van der Waals surface area contributed by atoms with Crippen molar-refractivity contribution in [2.45, 2.75) is 18.9 Å². The zero-order valence-electron chi connectivity index (χ0n) is 9.66. The summed E-state index contributed by atoms with van der Waals surface area (Å²) in [4.78, 5) is 12.0. The van der Waals surface area contributed by atoms with Gasteiger partial charge in [-0.3, -0.25) is 4.79 Å². The van der Waals surface area contributed by atoms with E-state index in [4.69, 9.17) is 28.9 Å². The molecular formula is C12H15Cl3N2O. The highest BCUT2D eigenvalue weighted by atomic mass is 35.5. The molecular weight excluding hydrogens is 295 g/mol. The SMILES string of the molecule is Cl.NCC(NC(=O)c1cc(Cl)ccc1Cl)C1CC1. The van der Waals surface area contributed by atoms with Gasteiger partial charge in [0, 0.05) is 17.6 Å². The topological polar surface area (TPSA) is 55.1 Å². The molecule has 1 aromatic rings. The number of carbonyl (C=O) groups excluding carboxylic acids is 1. The number of hydrogen-bond acceptors (Lipinski definition) is 2. The van der Waals surface area contributed by atoms with Gasteiger partial charge >= 0.3 is 0 Å². The third kappa shape index (κ3) is 3.75. The Balaban J connectivity index is 0.00000162. The third-order valence-corrected chi connectivity index (χ3v) is 3.50. The molecule has 18 heavy (non-hydrogen) atoms. The molecule has 1 aliphatic rings. The van der Waals surface area contributed by atoms with E-state index in [0.29, 0.717) is 28.1 Å². The van der Waals surface area contributed by atoms with Gasteiger partial charge in [-0.15, -0.1) is 12.4 Å². The number of carbonyl (C=O) groups is 1. The Bertz CT molecular complexity index is 435. The average Bonchev–Trinajstić information content (AvgIpc) is 3.13. The minimum atomic E-state index is -0.208. The van der Waals surface area contributed by atoms with Crippen molar-refractivity contribution < 1.29 is 4.79 Å². The standard InChI is InChI=1S/C12H14Cl2N2O.ClH/c13-8-3-4-10(14)9(5-8)12(17)16-11(6-15)7-1-2-7;/h3-5,7,11H,1-2,6,15H2,(H,16,17);1H. The predicted octanol–water partition coefficient (Wildman–Crippen LogP) is 2.88. The van der Waals surface area contributed by atoms with Crippen LogP contribution in [0.1, 0.15) is 23.2 Å². The molecule has 0 radical (unpaired) electrons. The summed E-state index contributed by atoms with van der Waals surface area (Å²) in [7, 11) is 0. The summed E-state index contributed by atoms with van der Waals surface area (Å²) in [6.45, 7) is 0.453. The van der Waals surface area contributed by atoms with Gasteiger partial charge in [-0.1, -0.05) is 23.2 Å². The molecule has 1 atom stereocenters. The normalized spacial score (nSPS) is 15.7. The predicted molar refractivity (Wildman–Crippen MR) is 76.7 cm³/mol. The van der Waals surface area contributed by atoms with E-state index in [9.17, 15) is 4.79 Å². The quantitative estimate of drug-likeness (QED) is 0.898. The Morgan fingerprint density at radius 3 is 2.67 bits per heavy atom. The van der Waals surface area contributed by atoms with E-state index in [1.165, 1.54) is 0 Å². The van der Waals surface area contributed by atoms with Crippen LogP contribution in [0.2, 0.25) is 10.0 Å². The van der Waals surface area contributed by atoms with Crippen LogP contribution >= 0.6 is 35.6 Å². The maximum atomic E-state index is 12.0. The minimum Gasteiger partial charge on any atom is -0.348 e. The first kappa shape index (κ1) is 15.6. The van der Waals surface area contributed by atoms with E-state index in [1.807, 2.05) is 0 Å². The molecule has 2 rings (SSSR count). The fourth-order valence-electron chi connectivity index (χ4n) is 1.79. The van der Waals surface area contributed by atoms with Crippen LogP contribution in [-0.2, 0) is 0 Å². The molecule has 1 aromatic carbocycles. The second-order valence-electron chi connectivity index (χ2n) is 4.28. The van der Waals surface area contributed by atoms with Crippen LogP contribution in [-0.4, -0.2) is 18.5 Å². The third-order valence-electron chi connectivity index (χ3n) is 2.93. The van der Waals surface area contributed by atoms with Crippen molar-refractivity contribution in [1.82, 2.24) is 5.32 Å². The molecule has 0 aromatic heterocycles. The van der Waals surface area contributed by atoms with Gasteiger partial charge in [0.05, 0.1) is 10.6 Å². The van der Waals surface area contributed by atoms with Gasteiger partial charge in [-0.25, -0.2) is 0 Å². The Morgan fingerprint density at radius 1 is 1.44 bits per heavy atom. The molecule has 0 saturated heterocycles. The molecule has 1 amide bonds. The van der Waals surface area contributed by atoms with Crippen molar-refractivity contribution in [3.8, 4) is 0 Å².